The molecule has 5 rings (SSSR count). The standard InChI is InChI=1S/C30H28ClFN4O5/c1-17(32)29(40)36(26(19-6-2-3-7-19)28(39)33-23-9-5-4-8-22(23)31)15-18-10-11-20-16-35(30(41)21(20)14-18)24-12-13-25(37)34-27(24)38/h4-6,8-11,14,24,26H,1-3,7,12-13,15-16H2,(H,33,39)(H,34,37,38). The molecule has 0 bridgehead atoms. The summed E-state index contributed by atoms with van der Waals surface area (Å²) in [6.07, 6.45) is 4.30. The minimum absolute atomic E-state index is 0.138. The SMILES string of the molecule is C=C(F)C(=O)N(Cc1ccc2c(c1)C(=O)N(C1CCC(=O)NC1=O)C2)C(C(=O)Nc1ccccc1Cl)C1=CCCC1. The molecular formula is C30H28ClFN4O5. The van der Waals surface area contributed by atoms with Crippen LogP contribution in [0, 0.1) is 0 Å². The number of para-hydroxylation sites is 1. The lowest BCUT2D eigenvalue weighted by atomic mass is 10.0. The quantitative estimate of drug-likeness (QED) is 0.279. The number of hydrogen-bond donors (Lipinski definition) is 2. The zero-order valence-corrected chi connectivity index (χ0v) is 22.9. The van der Waals surface area contributed by atoms with Gasteiger partial charge in [0.2, 0.25) is 11.8 Å². The van der Waals surface area contributed by atoms with Crippen LogP contribution in [0.3, 0.4) is 0 Å². The largest absolute Gasteiger partial charge is 0.323 e. The monoisotopic (exact) mass is 578 g/mol. The summed E-state index contributed by atoms with van der Waals surface area (Å²) in [7, 11) is 0. The average Bonchev–Trinajstić information content (AvgIpc) is 3.58. The smallest absolute Gasteiger partial charge is 0.283 e. The van der Waals surface area contributed by atoms with E-state index in [9.17, 15) is 28.4 Å². The van der Waals surface area contributed by atoms with Crippen LogP contribution in [0.4, 0.5) is 10.1 Å². The summed E-state index contributed by atoms with van der Waals surface area (Å²) < 4.78 is 14.4. The first-order chi connectivity index (χ1) is 19.6. The van der Waals surface area contributed by atoms with E-state index in [4.69, 9.17) is 11.6 Å². The Bertz CT molecular complexity index is 1510. The van der Waals surface area contributed by atoms with Crippen molar-refractivity contribution in [2.75, 3.05) is 5.32 Å². The van der Waals surface area contributed by atoms with Crippen LogP contribution < -0.4 is 10.6 Å². The summed E-state index contributed by atoms with van der Waals surface area (Å²) >= 11 is 6.25. The van der Waals surface area contributed by atoms with Gasteiger partial charge in [-0.05, 0) is 60.6 Å². The second-order valence-corrected chi connectivity index (χ2v) is 10.7. The number of nitrogens with zero attached hydrogens (tertiary/aromatic N) is 2. The topological polar surface area (TPSA) is 116 Å². The van der Waals surface area contributed by atoms with Crippen molar-refractivity contribution in [1.29, 1.82) is 0 Å². The van der Waals surface area contributed by atoms with Crippen LogP contribution in [0.5, 0.6) is 0 Å². The van der Waals surface area contributed by atoms with Crippen LogP contribution in [0.1, 0.15) is 53.6 Å². The van der Waals surface area contributed by atoms with Crippen molar-refractivity contribution in [3.05, 3.63) is 88.2 Å². The van der Waals surface area contributed by atoms with Gasteiger partial charge in [-0.1, -0.05) is 48.5 Å². The molecule has 11 heteroatoms. The molecule has 9 nitrogen and oxygen atoms in total. The third kappa shape index (κ3) is 5.78. The molecule has 41 heavy (non-hydrogen) atoms. The van der Waals surface area contributed by atoms with Crippen LogP contribution in [-0.4, -0.2) is 51.4 Å². The Morgan fingerprint density at radius 1 is 1.17 bits per heavy atom. The van der Waals surface area contributed by atoms with Crippen LogP contribution in [-0.2, 0) is 32.3 Å². The fraction of sp³-hybridized carbons (Fsp3) is 0.300. The number of piperidine rings is 1. The van der Waals surface area contributed by atoms with Crippen molar-refractivity contribution < 1.29 is 28.4 Å². The second kappa shape index (κ2) is 11.7. The number of halogens is 2. The van der Waals surface area contributed by atoms with E-state index < -0.39 is 35.6 Å². The van der Waals surface area contributed by atoms with Crippen molar-refractivity contribution in [1.82, 2.24) is 15.1 Å². The number of carbonyl (C=O) groups is 5. The molecule has 1 fully saturated rings. The van der Waals surface area contributed by atoms with E-state index in [1.807, 2.05) is 6.08 Å². The molecule has 3 aliphatic rings. The Labute approximate surface area is 241 Å². The Hall–Kier alpha value is -4.31. The van der Waals surface area contributed by atoms with Crippen molar-refractivity contribution in [2.24, 2.45) is 0 Å². The Morgan fingerprint density at radius 2 is 1.95 bits per heavy atom. The zero-order valence-electron chi connectivity index (χ0n) is 22.1. The van der Waals surface area contributed by atoms with Gasteiger partial charge in [-0.2, -0.15) is 0 Å². The van der Waals surface area contributed by atoms with Crippen molar-refractivity contribution in [3.63, 3.8) is 0 Å². The highest BCUT2D eigenvalue weighted by atomic mass is 35.5. The van der Waals surface area contributed by atoms with Crippen LogP contribution in [0.15, 0.2) is 66.5 Å². The Balaban J connectivity index is 1.44. The van der Waals surface area contributed by atoms with E-state index >= 15 is 0 Å². The predicted molar refractivity (Wildman–Crippen MR) is 149 cm³/mol. The number of anilines is 1. The van der Waals surface area contributed by atoms with E-state index in [0.717, 1.165) is 11.3 Å². The van der Waals surface area contributed by atoms with Crippen molar-refractivity contribution in [3.8, 4) is 0 Å². The van der Waals surface area contributed by atoms with Crippen molar-refractivity contribution >= 4 is 46.8 Å². The molecule has 0 radical (unpaired) electrons. The summed E-state index contributed by atoms with van der Waals surface area (Å²) in [5.74, 6) is -4.09. The highest BCUT2D eigenvalue weighted by molar-refractivity contribution is 6.33. The summed E-state index contributed by atoms with van der Waals surface area (Å²) in [5, 5.41) is 5.35. The first-order valence-electron chi connectivity index (χ1n) is 13.3. The van der Waals surface area contributed by atoms with Gasteiger partial charge in [0.1, 0.15) is 12.1 Å². The van der Waals surface area contributed by atoms with Crippen LogP contribution in [0.25, 0.3) is 0 Å². The minimum atomic E-state index is -1.22. The Morgan fingerprint density at radius 3 is 2.63 bits per heavy atom. The van der Waals surface area contributed by atoms with E-state index in [-0.39, 0.29) is 37.7 Å². The molecule has 0 saturated carbocycles. The third-order valence-corrected chi connectivity index (χ3v) is 7.89. The van der Waals surface area contributed by atoms with E-state index in [2.05, 4.69) is 17.2 Å². The number of benzene rings is 2. The lowest BCUT2D eigenvalue weighted by Crippen LogP contribution is -2.52. The van der Waals surface area contributed by atoms with Gasteiger partial charge in [-0.25, -0.2) is 4.39 Å². The molecule has 212 valence electrons. The third-order valence-electron chi connectivity index (χ3n) is 7.56. The van der Waals surface area contributed by atoms with Gasteiger partial charge in [0.25, 0.3) is 17.7 Å². The molecule has 5 amide bonds. The van der Waals surface area contributed by atoms with Gasteiger partial charge in [0.05, 0.1) is 10.7 Å². The molecular weight excluding hydrogens is 551 g/mol. The molecule has 1 aliphatic carbocycles. The molecule has 1 saturated heterocycles. The second-order valence-electron chi connectivity index (χ2n) is 10.3. The van der Waals surface area contributed by atoms with Gasteiger partial charge in [0.15, 0.2) is 5.83 Å². The van der Waals surface area contributed by atoms with Gasteiger partial charge in [-0.3, -0.25) is 29.3 Å². The number of nitrogens with one attached hydrogen (secondary N) is 2. The molecule has 2 atom stereocenters. The van der Waals surface area contributed by atoms with Gasteiger partial charge < -0.3 is 15.1 Å². The molecule has 2 unspecified atom stereocenters. The maximum absolute atomic E-state index is 14.4. The molecule has 2 aromatic carbocycles. The maximum Gasteiger partial charge on any atom is 0.283 e. The van der Waals surface area contributed by atoms with Gasteiger partial charge >= 0.3 is 0 Å². The number of allylic oxidation sites excluding steroid dienone is 1. The molecule has 2 N–H and O–H groups in total. The molecule has 2 heterocycles. The molecule has 2 aromatic rings. The van der Waals surface area contributed by atoms with Crippen molar-refractivity contribution in [2.45, 2.75) is 57.3 Å². The Kier molecular flexibility index (Phi) is 8.03. The highest BCUT2D eigenvalue weighted by Gasteiger charge is 2.40. The average molecular weight is 579 g/mol. The lowest BCUT2D eigenvalue weighted by molar-refractivity contribution is -0.137. The number of hydrogen-bond acceptors (Lipinski definition) is 5. The first kappa shape index (κ1) is 28.2. The fourth-order valence-electron chi connectivity index (χ4n) is 5.55. The number of carbonyl (C=O) groups excluding carboxylic acids is 5. The van der Waals surface area contributed by atoms with Gasteiger partial charge in [-0.15, -0.1) is 0 Å². The fourth-order valence-corrected chi connectivity index (χ4v) is 5.73. The molecule has 2 aliphatic heterocycles. The van der Waals surface area contributed by atoms with E-state index in [0.29, 0.717) is 45.8 Å². The predicted octanol–water partition coefficient (Wildman–Crippen LogP) is 4.03. The van der Waals surface area contributed by atoms with E-state index in [1.165, 1.54) is 4.90 Å². The normalized spacial score (nSPS) is 18.9. The minimum Gasteiger partial charge on any atom is -0.323 e. The number of imide groups is 1. The van der Waals surface area contributed by atoms with Gasteiger partial charge in [0, 0.05) is 25.1 Å². The summed E-state index contributed by atoms with van der Waals surface area (Å²) in [5.41, 5.74) is 2.54. The number of fused-ring (bicyclic) bond motifs is 1. The highest BCUT2D eigenvalue weighted by Crippen LogP contribution is 2.32. The maximum atomic E-state index is 14.4. The zero-order chi connectivity index (χ0) is 29.3. The van der Waals surface area contributed by atoms with E-state index in [1.54, 1.807) is 42.5 Å². The molecule has 0 spiro atoms. The van der Waals surface area contributed by atoms with Crippen LogP contribution >= 0.6 is 11.6 Å². The summed E-state index contributed by atoms with van der Waals surface area (Å²) in [6, 6.07) is 9.77. The lowest BCUT2D eigenvalue weighted by Gasteiger charge is -2.32. The summed E-state index contributed by atoms with van der Waals surface area (Å²) in [4.78, 5) is 66.6. The number of amides is 5. The van der Waals surface area contributed by atoms with Crippen LogP contribution in [0.2, 0.25) is 5.02 Å². The summed E-state index contributed by atoms with van der Waals surface area (Å²) in [6.45, 7) is 3.19. The molecule has 0 aromatic heterocycles. The first-order valence-corrected chi connectivity index (χ1v) is 13.7. The number of rotatable bonds is 8.